The molecule has 0 aliphatic heterocycles. The van der Waals surface area contributed by atoms with Gasteiger partial charge in [0.25, 0.3) is 0 Å². The predicted octanol–water partition coefficient (Wildman–Crippen LogP) is -3.10. The number of hydrogen-bond donors (Lipinski definition) is 9. The van der Waals surface area contributed by atoms with E-state index in [9.17, 15) is 0 Å². The summed E-state index contributed by atoms with van der Waals surface area (Å²) in [6.07, 6.45) is 0. The van der Waals surface area contributed by atoms with E-state index in [0.717, 1.165) is 0 Å². The van der Waals surface area contributed by atoms with E-state index in [1.54, 1.807) is 0 Å². The molecule has 12 nitrogen and oxygen atoms in total. The summed E-state index contributed by atoms with van der Waals surface area (Å²) in [7, 11) is -13.9. The summed E-state index contributed by atoms with van der Waals surface area (Å²) in [5.41, 5.74) is 0. The van der Waals surface area contributed by atoms with Crippen LogP contribution in [0.2, 0.25) is 0 Å². The van der Waals surface area contributed by atoms with E-state index in [1.807, 2.05) is 0 Å². The Labute approximate surface area is 160 Å². The number of phosphoric acid groups is 3. The van der Waals surface area contributed by atoms with Crippen LogP contribution in [0.1, 0.15) is 5.71 Å². The summed E-state index contributed by atoms with van der Waals surface area (Å²) in [5, 5.41) is 0. The Hall–Kier alpha value is 2.85. The van der Waals surface area contributed by atoms with Gasteiger partial charge in [0.2, 0.25) is 0 Å². The Balaban J connectivity index is -0.0000000129. The summed E-state index contributed by atoms with van der Waals surface area (Å²) < 4.78 is 26.6. The van der Waals surface area contributed by atoms with E-state index < -0.39 is 23.5 Å². The summed E-state index contributed by atoms with van der Waals surface area (Å²) >= 11 is 0. The maximum Gasteiger partial charge on any atom is 2.00 e. The van der Waals surface area contributed by atoms with Crippen molar-refractivity contribution in [2.24, 2.45) is 0 Å². The van der Waals surface area contributed by atoms with Crippen LogP contribution in [0, 0.1) is 0 Å². The van der Waals surface area contributed by atoms with Crippen LogP contribution in [0.3, 0.4) is 0 Å². The first-order chi connectivity index (χ1) is 6.00. The summed E-state index contributed by atoms with van der Waals surface area (Å²) in [4.78, 5) is 64.7. The second-order valence-electron chi connectivity index (χ2n) is 1.54. The third-order valence-corrected chi connectivity index (χ3v) is 0. The van der Waals surface area contributed by atoms with Crippen LogP contribution < -0.4 is 0 Å². The summed E-state index contributed by atoms with van der Waals surface area (Å²) in [5.74, 6) is 0. The van der Waals surface area contributed by atoms with Gasteiger partial charge in [-0.2, -0.15) is 0 Å². The third kappa shape index (κ3) is 659. The van der Waals surface area contributed by atoms with Crippen LogP contribution in [0.4, 0.5) is 0 Å². The van der Waals surface area contributed by atoms with Crippen LogP contribution in [0.15, 0.2) is 0 Å². The normalized spacial score (nSPS) is 10.4. The van der Waals surface area contributed by atoms with E-state index in [2.05, 4.69) is 0 Å². The molecule has 0 unspecified atom stereocenters. The SMILES string of the molecule is O=P(O)(O)O.O=P(O)(O)O.O=P(O)(O)O.[Ca+2].[Ca+2].[H-].[H-].[H-].[H-]. The van der Waals surface area contributed by atoms with E-state index in [-0.39, 0.29) is 81.2 Å². The second-order valence-corrected chi connectivity index (χ2v) is 4.62. The van der Waals surface area contributed by atoms with Gasteiger partial charge in [-0.05, 0) is 0 Å². The zero-order valence-corrected chi connectivity index (χ0v) is 15.1. The fourth-order valence-corrected chi connectivity index (χ4v) is 0. The second kappa shape index (κ2) is 13.8. The molecule has 0 saturated heterocycles. The number of rotatable bonds is 0. The van der Waals surface area contributed by atoms with E-state index in [0.29, 0.717) is 0 Å². The number of hydrogen-bond acceptors (Lipinski definition) is 3. The third-order valence-electron chi connectivity index (χ3n) is 0. The van der Waals surface area contributed by atoms with Gasteiger partial charge in [0, 0.05) is 0 Å². The Morgan fingerprint density at radius 1 is 0.471 bits per heavy atom. The molecule has 0 aliphatic rings. The van der Waals surface area contributed by atoms with E-state index in [1.165, 1.54) is 0 Å². The van der Waals surface area contributed by atoms with Gasteiger partial charge in [0.05, 0.1) is 0 Å². The van der Waals surface area contributed by atoms with Crippen molar-refractivity contribution in [2.75, 3.05) is 0 Å². The Morgan fingerprint density at radius 2 is 0.471 bits per heavy atom. The fraction of sp³-hybridized carbons (Fsp3) is 0. The molecule has 0 bridgehead atoms. The standard InChI is InChI=1S/2Ca.3H3O4P.4H/c;;3*1-5(2,3)4;;;;/h;;3*(H3,1,2,3,4);;;;/q2*+2;;;;4*-1. The van der Waals surface area contributed by atoms with Crippen LogP contribution in [0.5, 0.6) is 0 Å². The summed E-state index contributed by atoms with van der Waals surface area (Å²) in [6.45, 7) is 0. The Bertz CT molecular complexity index is 221. The average Bonchev–Trinajstić information content (AvgIpc) is 1.41. The topological polar surface area (TPSA) is 233 Å². The molecule has 0 amide bonds. The molecule has 0 heterocycles. The van der Waals surface area contributed by atoms with Crippen molar-refractivity contribution in [3.8, 4) is 0 Å². The molecule has 0 atom stereocenters. The molecular weight excluding hydrogens is 365 g/mol. The molecular formula is H13Ca2O12P3. The molecule has 0 aromatic carbocycles. The predicted molar refractivity (Wildman–Crippen MR) is 58.7 cm³/mol. The molecule has 0 rings (SSSR count). The first-order valence-electron chi connectivity index (χ1n) is 2.35. The van der Waals surface area contributed by atoms with Gasteiger partial charge in [-0.15, -0.1) is 0 Å². The van der Waals surface area contributed by atoms with Crippen molar-refractivity contribution in [3.05, 3.63) is 0 Å². The molecule has 0 spiro atoms. The maximum atomic E-state index is 8.88. The van der Waals surface area contributed by atoms with Crippen molar-refractivity contribution in [3.63, 3.8) is 0 Å². The van der Waals surface area contributed by atoms with Gasteiger partial charge in [0.1, 0.15) is 0 Å². The largest absolute Gasteiger partial charge is 2.00 e. The zero-order valence-electron chi connectivity index (χ0n) is 12.0. The minimum atomic E-state index is -4.64. The Morgan fingerprint density at radius 3 is 0.471 bits per heavy atom. The van der Waals surface area contributed by atoms with Gasteiger partial charge in [-0.25, -0.2) is 13.7 Å². The van der Waals surface area contributed by atoms with Crippen LogP contribution in [0.25, 0.3) is 0 Å². The molecule has 0 saturated carbocycles. The van der Waals surface area contributed by atoms with Crippen molar-refractivity contribution < 1.29 is 63.4 Å². The molecule has 104 valence electrons. The van der Waals surface area contributed by atoms with E-state index >= 15 is 0 Å². The minimum absolute atomic E-state index is 0. The molecule has 0 aliphatic carbocycles. The van der Waals surface area contributed by atoms with Crippen molar-refractivity contribution >= 4 is 98.9 Å². The van der Waals surface area contributed by atoms with Crippen LogP contribution in [-0.2, 0) is 13.7 Å². The quantitative estimate of drug-likeness (QED) is 0.151. The molecule has 0 aromatic heterocycles. The molecule has 0 fully saturated rings. The van der Waals surface area contributed by atoms with Gasteiger partial charge in [-0.1, -0.05) is 0 Å². The van der Waals surface area contributed by atoms with Gasteiger partial charge < -0.3 is 49.7 Å². The Kier molecular flexibility index (Phi) is 26.0. The molecule has 9 N–H and O–H groups in total. The van der Waals surface area contributed by atoms with Crippen LogP contribution in [-0.4, -0.2) is 120 Å². The molecule has 0 aromatic rings. The van der Waals surface area contributed by atoms with Gasteiger partial charge in [0.15, 0.2) is 0 Å². The first kappa shape index (κ1) is 32.0. The summed E-state index contributed by atoms with van der Waals surface area (Å²) in [6, 6.07) is 0. The molecule has 17 heavy (non-hydrogen) atoms. The molecule has 0 radical (unpaired) electrons. The zero-order chi connectivity index (χ0) is 13.5. The van der Waals surface area contributed by atoms with Gasteiger partial charge >= 0.3 is 98.9 Å². The van der Waals surface area contributed by atoms with Gasteiger partial charge in [-0.3, -0.25) is 0 Å². The van der Waals surface area contributed by atoms with Crippen LogP contribution >= 0.6 is 23.5 Å². The monoisotopic (exact) mass is 378 g/mol. The minimum Gasteiger partial charge on any atom is -1.00 e. The fourth-order valence-electron chi connectivity index (χ4n) is 0. The van der Waals surface area contributed by atoms with E-state index in [4.69, 9.17) is 57.7 Å². The molecule has 17 heteroatoms. The van der Waals surface area contributed by atoms with Crippen molar-refractivity contribution in [1.82, 2.24) is 0 Å². The first-order valence-corrected chi connectivity index (χ1v) is 7.04. The smallest absolute Gasteiger partial charge is 1.00 e. The van der Waals surface area contributed by atoms with Crippen molar-refractivity contribution in [2.45, 2.75) is 0 Å². The maximum absolute atomic E-state index is 8.88. The average molecular weight is 378 g/mol. The van der Waals surface area contributed by atoms with Crippen molar-refractivity contribution in [1.29, 1.82) is 0 Å².